The van der Waals surface area contributed by atoms with Gasteiger partial charge in [-0.25, -0.2) is 4.79 Å². The topological polar surface area (TPSA) is 81.7 Å². The number of hydrogen-bond donors (Lipinski definition) is 1. The quantitative estimate of drug-likeness (QED) is 0.556. The first-order valence-electron chi connectivity index (χ1n) is 9.92. The minimum Gasteiger partial charge on any atom is -0.462 e. The van der Waals surface area contributed by atoms with Gasteiger partial charge < -0.3 is 14.8 Å². The zero-order chi connectivity index (χ0) is 22.1. The summed E-state index contributed by atoms with van der Waals surface area (Å²) in [5.74, 6) is -2.28. The SMILES string of the molecule is CCOC(=O)c1ccccc1NC(=O)COC(=O)C(c1ccccc1)c1ccccc1. The van der Waals surface area contributed by atoms with Crippen molar-refractivity contribution in [3.63, 3.8) is 0 Å². The van der Waals surface area contributed by atoms with Crippen LogP contribution in [0.5, 0.6) is 0 Å². The molecule has 0 aliphatic carbocycles. The molecule has 0 atom stereocenters. The third-order valence-corrected chi connectivity index (χ3v) is 4.54. The summed E-state index contributed by atoms with van der Waals surface area (Å²) >= 11 is 0. The van der Waals surface area contributed by atoms with E-state index in [4.69, 9.17) is 9.47 Å². The predicted octanol–water partition coefficient (Wildman–Crippen LogP) is 4.18. The molecule has 3 aromatic rings. The van der Waals surface area contributed by atoms with Gasteiger partial charge in [-0.2, -0.15) is 0 Å². The summed E-state index contributed by atoms with van der Waals surface area (Å²) in [6.45, 7) is 1.44. The van der Waals surface area contributed by atoms with E-state index in [0.29, 0.717) is 5.69 Å². The second-order valence-corrected chi connectivity index (χ2v) is 6.68. The highest BCUT2D eigenvalue weighted by Gasteiger charge is 2.25. The zero-order valence-corrected chi connectivity index (χ0v) is 17.1. The van der Waals surface area contributed by atoms with Gasteiger partial charge in [0.05, 0.1) is 17.9 Å². The Labute approximate surface area is 180 Å². The number of benzene rings is 3. The van der Waals surface area contributed by atoms with Crippen molar-refractivity contribution in [2.45, 2.75) is 12.8 Å². The smallest absolute Gasteiger partial charge is 0.340 e. The van der Waals surface area contributed by atoms with Crippen molar-refractivity contribution in [3.8, 4) is 0 Å². The third-order valence-electron chi connectivity index (χ3n) is 4.54. The van der Waals surface area contributed by atoms with Crippen LogP contribution in [0.1, 0.15) is 34.3 Å². The normalized spacial score (nSPS) is 10.4. The van der Waals surface area contributed by atoms with E-state index in [1.165, 1.54) is 0 Å². The van der Waals surface area contributed by atoms with Crippen molar-refractivity contribution in [2.24, 2.45) is 0 Å². The van der Waals surface area contributed by atoms with E-state index in [0.717, 1.165) is 11.1 Å². The van der Waals surface area contributed by atoms with E-state index in [-0.39, 0.29) is 12.2 Å². The molecule has 158 valence electrons. The molecule has 0 spiro atoms. The first-order valence-corrected chi connectivity index (χ1v) is 9.92. The van der Waals surface area contributed by atoms with Gasteiger partial charge in [0.1, 0.15) is 5.92 Å². The van der Waals surface area contributed by atoms with Gasteiger partial charge in [0, 0.05) is 0 Å². The fourth-order valence-corrected chi connectivity index (χ4v) is 3.14. The standard InChI is InChI=1S/C25H23NO5/c1-2-30-24(28)20-15-9-10-16-21(20)26-22(27)17-31-25(29)23(18-11-5-3-6-12-18)19-13-7-4-8-14-19/h3-16,23H,2,17H2,1H3,(H,26,27). The van der Waals surface area contributed by atoms with Crippen molar-refractivity contribution in [2.75, 3.05) is 18.5 Å². The van der Waals surface area contributed by atoms with E-state index >= 15 is 0 Å². The van der Waals surface area contributed by atoms with Crippen LogP contribution in [-0.4, -0.2) is 31.1 Å². The van der Waals surface area contributed by atoms with Gasteiger partial charge >= 0.3 is 11.9 Å². The molecule has 0 radical (unpaired) electrons. The van der Waals surface area contributed by atoms with Crippen LogP contribution < -0.4 is 5.32 Å². The first kappa shape index (κ1) is 21.8. The number of carbonyl (C=O) groups excluding carboxylic acids is 3. The Bertz CT molecular complexity index is 995. The molecule has 0 unspecified atom stereocenters. The highest BCUT2D eigenvalue weighted by atomic mass is 16.5. The number of rotatable bonds is 8. The number of amides is 1. The number of carbonyl (C=O) groups is 3. The molecule has 0 heterocycles. The monoisotopic (exact) mass is 417 g/mol. The number of ether oxygens (including phenoxy) is 2. The van der Waals surface area contributed by atoms with Gasteiger partial charge in [0.15, 0.2) is 6.61 Å². The zero-order valence-electron chi connectivity index (χ0n) is 17.1. The number of hydrogen-bond acceptors (Lipinski definition) is 5. The van der Waals surface area contributed by atoms with Crippen molar-refractivity contribution in [1.29, 1.82) is 0 Å². The summed E-state index contributed by atoms with van der Waals surface area (Å²) < 4.78 is 10.3. The largest absolute Gasteiger partial charge is 0.462 e. The molecule has 0 fully saturated rings. The minimum atomic E-state index is -0.651. The molecule has 31 heavy (non-hydrogen) atoms. The highest BCUT2D eigenvalue weighted by molar-refractivity contribution is 6.02. The number of para-hydroxylation sites is 1. The maximum Gasteiger partial charge on any atom is 0.340 e. The van der Waals surface area contributed by atoms with Gasteiger partial charge in [-0.3, -0.25) is 9.59 Å². The van der Waals surface area contributed by atoms with Crippen molar-refractivity contribution < 1.29 is 23.9 Å². The van der Waals surface area contributed by atoms with Crippen molar-refractivity contribution in [3.05, 3.63) is 102 Å². The molecule has 0 aliphatic rings. The van der Waals surface area contributed by atoms with Crippen LogP contribution in [0.3, 0.4) is 0 Å². The van der Waals surface area contributed by atoms with Crippen LogP contribution in [0.25, 0.3) is 0 Å². The average Bonchev–Trinajstić information content (AvgIpc) is 2.80. The van der Waals surface area contributed by atoms with Crippen molar-refractivity contribution >= 4 is 23.5 Å². The van der Waals surface area contributed by atoms with E-state index in [1.54, 1.807) is 31.2 Å². The molecule has 3 aromatic carbocycles. The average molecular weight is 417 g/mol. The summed E-state index contributed by atoms with van der Waals surface area (Å²) in [6, 6.07) is 25.0. The molecule has 0 bridgehead atoms. The molecule has 0 saturated heterocycles. The van der Waals surface area contributed by atoms with Crippen LogP contribution >= 0.6 is 0 Å². The lowest BCUT2D eigenvalue weighted by Crippen LogP contribution is -2.25. The van der Waals surface area contributed by atoms with Crippen molar-refractivity contribution in [1.82, 2.24) is 0 Å². The molecule has 1 N–H and O–H groups in total. The Hall–Kier alpha value is -3.93. The second kappa shape index (κ2) is 10.7. The van der Waals surface area contributed by atoms with Crippen LogP contribution in [0, 0.1) is 0 Å². The van der Waals surface area contributed by atoms with Gasteiger partial charge in [-0.1, -0.05) is 72.8 Å². The van der Waals surface area contributed by atoms with Crippen LogP contribution in [-0.2, 0) is 19.1 Å². The molecule has 1 amide bonds. The Balaban J connectivity index is 1.69. The van der Waals surface area contributed by atoms with E-state index < -0.39 is 30.4 Å². The second-order valence-electron chi connectivity index (χ2n) is 6.68. The molecule has 0 aromatic heterocycles. The lowest BCUT2D eigenvalue weighted by atomic mass is 9.91. The summed E-state index contributed by atoms with van der Waals surface area (Å²) in [6.07, 6.45) is 0. The first-order chi connectivity index (χ1) is 15.1. The van der Waals surface area contributed by atoms with Gasteiger partial charge in [-0.05, 0) is 30.2 Å². The van der Waals surface area contributed by atoms with Gasteiger partial charge in [-0.15, -0.1) is 0 Å². The van der Waals surface area contributed by atoms with E-state index in [2.05, 4.69) is 5.32 Å². The molecule has 3 rings (SSSR count). The predicted molar refractivity (Wildman–Crippen MR) is 117 cm³/mol. The van der Waals surface area contributed by atoms with Crippen LogP contribution in [0.2, 0.25) is 0 Å². The van der Waals surface area contributed by atoms with E-state index in [1.807, 2.05) is 60.7 Å². The number of nitrogens with one attached hydrogen (secondary N) is 1. The lowest BCUT2D eigenvalue weighted by molar-refractivity contribution is -0.147. The molecule has 6 nitrogen and oxygen atoms in total. The summed E-state index contributed by atoms with van der Waals surface area (Å²) in [4.78, 5) is 37.3. The Kier molecular flexibility index (Phi) is 7.54. The number of esters is 2. The fraction of sp³-hybridized carbons (Fsp3) is 0.160. The molecule has 6 heteroatoms. The molecule has 0 saturated carbocycles. The van der Waals surface area contributed by atoms with Crippen LogP contribution in [0.4, 0.5) is 5.69 Å². The Morgan fingerprint density at radius 2 is 1.32 bits per heavy atom. The number of anilines is 1. The fourth-order valence-electron chi connectivity index (χ4n) is 3.14. The summed E-state index contributed by atoms with van der Waals surface area (Å²) in [5.41, 5.74) is 2.07. The Morgan fingerprint density at radius 1 is 0.774 bits per heavy atom. The Morgan fingerprint density at radius 3 is 1.90 bits per heavy atom. The summed E-state index contributed by atoms with van der Waals surface area (Å²) in [7, 11) is 0. The maximum atomic E-state index is 12.9. The molecule has 0 aliphatic heterocycles. The molecular weight excluding hydrogens is 394 g/mol. The minimum absolute atomic E-state index is 0.221. The lowest BCUT2D eigenvalue weighted by Gasteiger charge is -2.17. The molecular formula is C25H23NO5. The highest BCUT2D eigenvalue weighted by Crippen LogP contribution is 2.26. The van der Waals surface area contributed by atoms with Gasteiger partial charge in [0.25, 0.3) is 5.91 Å². The summed E-state index contributed by atoms with van der Waals surface area (Å²) in [5, 5.41) is 2.61. The van der Waals surface area contributed by atoms with Gasteiger partial charge in [0.2, 0.25) is 0 Å². The maximum absolute atomic E-state index is 12.9. The van der Waals surface area contributed by atoms with Crippen LogP contribution in [0.15, 0.2) is 84.9 Å². The van der Waals surface area contributed by atoms with E-state index in [9.17, 15) is 14.4 Å². The third kappa shape index (κ3) is 5.79.